The van der Waals surface area contributed by atoms with Gasteiger partial charge in [-0.25, -0.2) is 0 Å². The monoisotopic (exact) mass is 220 g/mol. The second kappa shape index (κ2) is 7.01. The third kappa shape index (κ3) is 3.66. The summed E-state index contributed by atoms with van der Waals surface area (Å²) in [5.74, 6) is 0.176. The van der Waals surface area contributed by atoms with Gasteiger partial charge >= 0.3 is 0 Å². The summed E-state index contributed by atoms with van der Waals surface area (Å²) in [6.45, 7) is 6.41. The van der Waals surface area contributed by atoms with Crippen molar-refractivity contribution < 1.29 is 4.79 Å². The smallest absolute Gasteiger partial charge is 0.228 e. The number of amides is 1. The van der Waals surface area contributed by atoms with E-state index in [0.29, 0.717) is 6.42 Å². The van der Waals surface area contributed by atoms with Crippen molar-refractivity contribution in [1.82, 2.24) is 5.32 Å². The van der Waals surface area contributed by atoms with E-state index in [-0.39, 0.29) is 5.91 Å². The van der Waals surface area contributed by atoms with Crippen LogP contribution in [0, 0.1) is 0 Å². The topological polar surface area (TPSA) is 32.3 Å². The molecule has 1 aromatic rings. The van der Waals surface area contributed by atoms with Crippen LogP contribution in [0.5, 0.6) is 0 Å². The number of carbonyl (C=O) groups is 1. The van der Waals surface area contributed by atoms with Gasteiger partial charge in [0, 0.05) is 25.2 Å². The molecule has 0 saturated heterocycles. The summed E-state index contributed by atoms with van der Waals surface area (Å²) >= 11 is 0. The van der Waals surface area contributed by atoms with E-state index in [2.05, 4.69) is 5.32 Å². The summed E-state index contributed by atoms with van der Waals surface area (Å²) in [6, 6.07) is 9.80. The molecule has 0 aliphatic carbocycles. The first-order valence-corrected chi connectivity index (χ1v) is 5.85. The van der Waals surface area contributed by atoms with Gasteiger partial charge in [-0.15, -0.1) is 0 Å². The number of hydrogen-bond donors (Lipinski definition) is 1. The normalized spacial score (nSPS) is 10.1. The molecule has 0 radical (unpaired) electrons. The van der Waals surface area contributed by atoms with Crippen molar-refractivity contribution in [1.29, 1.82) is 0 Å². The Morgan fingerprint density at radius 3 is 2.50 bits per heavy atom. The van der Waals surface area contributed by atoms with E-state index < -0.39 is 0 Å². The molecule has 0 aliphatic heterocycles. The first-order chi connectivity index (χ1) is 7.79. The predicted molar refractivity (Wildman–Crippen MR) is 67.6 cm³/mol. The van der Waals surface area contributed by atoms with Gasteiger partial charge < -0.3 is 10.2 Å². The molecular weight excluding hydrogens is 200 g/mol. The van der Waals surface area contributed by atoms with E-state index in [1.807, 2.05) is 49.1 Å². The van der Waals surface area contributed by atoms with E-state index in [1.54, 1.807) is 0 Å². The van der Waals surface area contributed by atoms with Gasteiger partial charge in [-0.3, -0.25) is 4.79 Å². The molecule has 0 saturated carbocycles. The molecule has 1 rings (SSSR count). The molecule has 0 bridgehead atoms. The maximum absolute atomic E-state index is 11.9. The average Bonchev–Trinajstić information content (AvgIpc) is 2.32. The Morgan fingerprint density at radius 1 is 1.25 bits per heavy atom. The minimum Gasteiger partial charge on any atom is -0.316 e. The highest BCUT2D eigenvalue weighted by atomic mass is 16.2. The zero-order chi connectivity index (χ0) is 11.8. The number of rotatable bonds is 6. The summed E-state index contributed by atoms with van der Waals surface area (Å²) < 4.78 is 0. The largest absolute Gasteiger partial charge is 0.316 e. The van der Waals surface area contributed by atoms with Gasteiger partial charge in [0.2, 0.25) is 5.91 Å². The highest BCUT2D eigenvalue weighted by Crippen LogP contribution is 2.13. The van der Waals surface area contributed by atoms with E-state index >= 15 is 0 Å². The van der Waals surface area contributed by atoms with Crippen LogP contribution in [0.25, 0.3) is 0 Å². The maximum atomic E-state index is 11.9. The fourth-order valence-corrected chi connectivity index (χ4v) is 1.62. The summed E-state index contributed by atoms with van der Waals surface area (Å²) in [7, 11) is 0. The Morgan fingerprint density at radius 2 is 1.94 bits per heavy atom. The molecule has 3 nitrogen and oxygen atoms in total. The van der Waals surface area contributed by atoms with Crippen molar-refractivity contribution in [2.75, 3.05) is 24.5 Å². The van der Waals surface area contributed by atoms with Crippen LogP contribution in [0.2, 0.25) is 0 Å². The minimum atomic E-state index is 0.176. The minimum absolute atomic E-state index is 0.176. The summed E-state index contributed by atoms with van der Waals surface area (Å²) in [6.07, 6.45) is 0.552. The van der Waals surface area contributed by atoms with Crippen molar-refractivity contribution in [3.8, 4) is 0 Å². The Balaban J connectivity index is 2.57. The van der Waals surface area contributed by atoms with Crippen LogP contribution in [-0.4, -0.2) is 25.5 Å². The zero-order valence-electron chi connectivity index (χ0n) is 10.1. The van der Waals surface area contributed by atoms with Crippen molar-refractivity contribution >= 4 is 11.6 Å². The second-order valence-corrected chi connectivity index (χ2v) is 3.58. The fraction of sp³-hybridized carbons (Fsp3) is 0.462. The molecule has 0 heterocycles. The van der Waals surface area contributed by atoms with Gasteiger partial charge in [0.05, 0.1) is 0 Å². The highest BCUT2D eigenvalue weighted by molar-refractivity contribution is 5.93. The molecule has 0 aliphatic rings. The number of hydrogen-bond acceptors (Lipinski definition) is 2. The number of para-hydroxylation sites is 1. The number of anilines is 1. The number of nitrogens with zero attached hydrogens (tertiary/aromatic N) is 1. The molecule has 0 fully saturated rings. The van der Waals surface area contributed by atoms with Crippen LogP contribution >= 0.6 is 0 Å². The third-order valence-electron chi connectivity index (χ3n) is 2.45. The van der Waals surface area contributed by atoms with Gasteiger partial charge in [0.15, 0.2) is 0 Å². The van der Waals surface area contributed by atoms with Crippen LogP contribution in [0.4, 0.5) is 5.69 Å². The lowest BCUT2D eigenvalue weighted by Crippen LogP contribution is -2.33. The van der Waals surface area contributed by atoms with E-state index in [9.17, 15) is 4.79 Å². The molecule has 0 aromatic heterocycles. The average molecular weight is 220 g/mol. The molecule has 3 heteroatoms. The number of nitrogens with one attached hydrogen (secondary N) is 1. The standard InChI is InChI=1S/C13H20N2O/c1-3-14-11-10-13(16)15(4-2)12-8-6-5-7-9-12/h5-9,14H,3-4,10-11H2,1-2H3. The van der Waals surface area contributed by atoms with Gasteiger partial charge in [-0.2, -0.15) is 0 Å². The molecule has 1 amide bonds. The number of benzene rings is 1. The van der Waals surface area contributed by atoms with Crippen LogP contribution in [-0.2, 0) is 4.79 Å². The van der Waals surface area contributed by atoms with Crippen molar-refractivity contribution in [2.24, 2.45) is 0 Å². The molecule has 1 N–H and O–H groups in total. The highest BCUT2D eigenvalue weighted by Gasteiger charge is 2.12. The molecule has 0 spiro atoms. The fourth-order valence-electron chi connectivity index (χ4n) is 1.62. The van der Waals surface area contributed by atoms with Crippen LogP contribution in [0.3, 0.4) is 0 Å². The van der Waals surface area contributed by atoms with Crippen molar-refractivity contribution in [2.45, 2.75) is 20.3 Å². The van der Waals surface area contributed by atoms with Gasteiger partial charge in [-0.1, -0.05) is 25.1 Å². The van der Waals surface area contributed by atoms with Gasteiger partial charge in [0.25, 0.3) is 0 Å². The SMILES string of the molecule is CCNCCC(=O)N(CC)c1ccccc1. The Hall–Kier alpha value is -1.35. The summed E-state index contributed by atoms with van der Waals surface area (Å²) in [5.41, 5.74) is 0.978. The Kier molecular flexibility index (Phi) is 5.57. The Labute approximate surface area is 97.5 Å². The van der Waals surface area contributed by atoms with E-state index in [4.69, 9.17) is 0 Å². The van der Waals surface area contributed by atoms with Crippen molar-refractivity contribution in [3.05, 3.63) is 30.3 Å². The molecule has 16 heavy (non-hydrogen) atoms. The van der Waals surface area contributed by atoms with Crippen LogP contribution in [0.15, 0.2) is 30.3 Å². The predicted octanol–water partition coefficient (Wildman–Crippen LogP) is 2.04. The van der Waals surface area contributed by atoms with Gasteiger partial charge in [-0.05, 0) is 25.6 Å². The molecule has 0 unspecified atom stereocenters. The Bertz CT molecular complexity index is 311. The van der Waals surface area contributed by atoms with E-state index in [1.165, 1.54) is 0 Å². The second-order valence-electron chi connectivity index (χ2n) is 3.58. The lowest BCUT2D eigenvalue weighted by Gasteiger charge is -2.21. The van der Waals surface area contributed by atoms with Crippen LogP contribution < -0.4 is 10.2 Å². The van der Waals surface area contributed by atoms with Gasteiger partial charge in [0.1, 0.15) is 0 Å². The molecular formula is C13H20N2O. The molecule has 0 atom stereocenters. The summed E-state index contributed by atoms with van der Waals surface area (Å²) in [5, 5.41) is 3.16. The molecule has 1 aromatic carbocycles. The lowest BCUT2D eigenvalue weighted by molar-refractivity contribution is -0.118. The van der Waals surface area contributed by atoms with Crippen molar-refractivity contribution in [3.63, 3.8) is 0 Å². The molecule has 88 valence electrons. The van der Waals surface area contributed by atoms with E-state index in [0.717, 1.165) is 25.3 Å². The zero-order valence-corrected chi connectivity index (χ0v) is 10.1. The quantitative estimate of drug-likeness (QED) is 0.744. The summed E-state index contributed by atoms with van der Waals surface area (Å²) in [4.78, 5) is 13.8. The first kappa shape index (κ1) is 12.7. The maximum Gasteiger partial charge on any atom is 0.228 e. The lowest BCUT2D eigenvalue weighted by atomic mass is 10.2. The number of carbonyl (C=O) groups excluding carboxylic acids is 1. The first-order valence-electron chi connectivity index (χ1n) is 5.85. The third-order valence-corrected chi connectivity index (χ3v) is 2.45. The van der Waals surface area contributed by atoms with Crippen LogP contribution in [0.1, 0.15) is 20.3 Å².